The molecule has 0 fully saturated rings. The number of rotatable bonds is 19. The van der Waals surface area contributed by atoms with Gasteiger partial charge in [0, 0.05) is 0 Å². The van der Waals surface area contributed by atoms with E-state index in [2.05, 4.69) is 59.7 Å². The molecule has 0 spiro atoms. The van der Waals surface area contributed by atoms with E-state index in [-0.39, 0.29) is 16.9 Å². The van der Waals surface area contributed by atoms with E-state index in [0.717, 1.165) is 12.8 Å². The quantitative estimate of drug-likeness (QED) is 0.140. The van der Waals surface area contributed by atoms with Crippen LogP contribution in [0.25, 0.3) is 0 Å². The molecule has 2 N–H and O–H groups in total. The summed E-state index contributed by atoms with van der Waals surface area (Å²) < 4.78 is 4.99. The third-order valence-corrected chi connectivity index (χ3v) is 7.91. The van der Waals surface area contributed by atoms with Crippen LogP contribution in [0.4, 0.5) is 0 Å². The molecule has 0 bridgehead atoms. The molecule has 210 valence electrons. The van der Waals surface area contributed by atoms with Crippen molar-refractivity contribution in [3.8, 4) is 0 Å². The van der Waals surface area contributed by atoms with Gasteiger partial charge in [-0.25, -0.2) is 0 Å². The summed E-state index contributed by atoms with van der Waals surface area (Å²) in [7, 11) is -2.20. The number of hydrogen-bond acceptors (Lipinski definition) is 3. The van der Waals surface area contributed by atoms with E-state index in [9.17, 15) is 0 Å². The Morgan fingerprint density at radius 1 is 0.667 bits per heavy atom. The van der Waals surface area contributed by atoms with E-state index < -0.39 is 8.60 Å². The summed E-state index contributed by atoms with van der Waals surface area (Å²) in [6.45, 7) is 15.9. The highest BCUT2D eigenvalue weighted by molar-refractivity contribution is 7.39. The molecule has 1 atom stereocenters. The fourth-order valence-corrected chi connectivity index (χ4v) is 5.47. The summed E-state index contributed by atoms with van der Waals surface area (Å²) in [5.74, 6) is 0. The minimum atomic E-state index is -2.20. The lowest BCUT2D eigenvalue weighted by molar-refractivity contribution is 0.174. The summed E-state index contributed by atoms with van der Waals surface area (Å²) in [5.41, 5.74) is 4.97. The molecule has 0 aliphatic carbocycles. The van der Waals surface area contributed by atoms with Gasteiger partial charge in [0.1, 0.15) is 0 Å². The van der Waals surface area contributed by atoms with Crippen molar-refractivity contribution in [1.82, 2.24) is 0 Å². The van der Waals surface area contributed by atoms with Crippen LogP contribution in [0.2, 0.25) is 0 Å². The zero-order valence-corrected chi connectivity index (χ0v) is 25.8. The SMILES string of the molecule is CC(CCCCCCCCCCCCCCCCc1ccc(C(C)(C)C)cc1C(C)(C)C)OP(O)O. The largest absolute Gasteiger partial charge is 0.328 e. The zero-order valence-electron chi connectivity index (χ0n) is 24.9. The van der Waals surface area contributed by atoms with E-state index in [4.69, 9.17) is 14.3 Å². The van der Waals surface area contributed by atoms with Crippen molar-refractivity contribution in [1.29, 1.82) is 0 Å². The van der Waals surface area contributed by atoms with Gasteiger partial charge in [0.25, 0.3) is 0 Å². The maximum atomic E-state index is 8.84. The van der Waals surface area contributed by atoms with Crippen LogP contribution in [0.5, 0.6) is 0 Å². The molecule has 1 rings (SSSR count). The van der Waals surface area contributed by atoms with Crippen molar-refractivity contribution in [3.63, 3.8) is 0 Å². The maximum absolute atomic E-state index is 8.84. The second-order valence-electron chi connectivity index (χ2n) is 13.0. The molecule has 0 aliphatic heterocycles. The van der Waals surface area contributed by atoms with Crippen LogP contribution in [0.1, 0.15) is 161 Å². The molecular formula is C32H59O3P. The molecule has 0 amide bonds. The molecule has 1 unspecified atom stereocenters. The van der Waals surface area contributed by atoms with E-state index in [0.29, 0.717) is 0 Å². The molecule has 0 saturated carbocycles. The minimum Gasteiger partial charge on any atom is -0.328 e. The van der Waals surface area contributed by atoms with Gasteiger partial charge < -0.3 is 14.3 Å². The van der Waals surface area contributed by atoms with Gasteiger partial charge in [0.2, 0.25) is 0 Å². The predicted octanol–water partition coefficient (Wildman–Crippen LogP) is 10.3. The summed E-state index contributed by atoms with van der Waals surface area (Å²) in [6.07, 6.45) is 20.8. The highest BCUT2D eigenvalue weighted by Gasteiger charge is 2.21. The van der Waals surface area contributed by atoms with Crippen LogP contribution in [0.3, 0.4) is 0 Å². The fraction of sp³-hybridized carbons (Fsp3) is 0.812. The highest BCUT2D eigenvalue weighted by atomic mass is 31.2. The first-order valence-electron chi connectivity index (χ1n) is 14.9. The van der Waals surface area contributed by atoms with Crippen molar-refractivity contribution in [2.24, 2.45) is 0 Å². The van der Waals surface area contributed by atoms with Crippen molar-refractivity contribution in [2.75, 3.05) is 0 Å². The standard InChI is InChI=1S/C32H59O3P/c1-27(35-36(33)34)22-20-18-16-14-12-10-8-9-11-13-15-17-19-21-23-28-24-25-29(31(2,3)4)26-30(28)32(5,6)7/h24-27,33-34H,8-23H2,1-7H3. The van der Waals surface area contributed by atoms with Gasteiger partial charge in [0.15, 0.2) is 0 Å². The Morgan fingerprint density at radius 3 is 1.53 bits per heavy atom. The van der Waals surface area contributed by atoms with Gasteiger partial charge in [-0.15, -0.1) is 0 Å². The lowest BCUT2D eigenvalue weighted by Crippen LogP contribution is -2.18. The number of benzene rings is 1. The molecule has 36 heavy (non-hydrogen) atoms. The zero-order chi connectivity index (χ0) is 27.0. The second kappa shape index (κ2) is 17.9. The van der Waals surface area contributed by atoms with E-state index in [1.165, 1.54) is 95.5 Å². The van der Waals surface area contributed by atoms with Gasteiger partial charge >= 0.3 is 8.60 Å². The molecule has 0 saturated heterocycles. The topological polar surface area (TPSA) is 49.7 Å². The Balaban J connectivity index is 2.03. The monoisotopic (exact) mass is 522 g/mol. The Bertz CT molecular complexity index is 688. The van der Waals surface area contributed by atoms with Gasteiger partial charge in [-0.3, -0.25) is 0 Å². The molecule has 0 heterocycles. The first kappa shape index (κ1) is 33.6. The van der Waals surface area contributed by atoms with Crippen molar-refractivity contribution in [3.05, 3.63) is 34.9 Å². The molecular weight excluding hydrogens is 463 g/mol. The Labute approximate surface area is 225 Å². The number of hydrogen-bond donors (Lipinski definition) is 2. The fourth-order valence-electron chi connectivity index (χ4n) is 5.04. The number of unbranched alkanes of at least 4 members (excludes halogenated alkanes) is 13. The smallest absolute Gasteiger partial charge is 0.327 e. The van der Waals surface area contributed by atoms with Gasteiger partial charge in [-0.05, 0) is 53.7 Å². The molecule has 1 aromatic carbocycles. The minimum absolute atomic E-state index is 0.0433. The molecule has 1 aromatic rings. The van der Waals surface area contributed by atoms with Gasteiger partial charge in [-0.2, -0.15) is 0 Å². The van der Waals surface area contributed by atoms with E-state index >= 15 is 0 Å². The molecule has 4 heteroatoms. The van der Waals surface area contributed by atoms with E-state index in [1.807, 2.05) is 6.92 Å². The van der Waals surface area contributed by atoms with Crippen LogP contribution < -0.4 is 0 Å². The van der Waals surface area contributed by atoms with Crippen LogP contribution in [-0.4, -0.2) is 15.9 Å². The normalized spacial score (nSPS) is 13.5. The lowest BCUT2D eigenvalue weighted by Gasteiger charge is -2.27. The average Bonchev–Trinajstić information content (AvgIpc) is 2.77. The van der Waals surface area contributed by atoms with Gasteiger partial charge in [0.05, 0.1) is 6.10 Å². The van der Waals surface area contributed by atoms with Crippen LogP contribution in [0.15, 0.2) is 18.2 Å². The lowest BCUT2D eigenvalue weighted by atomic mass is 9.77. The van der Waals surface area contributed by atoms with Crippen molar-refractivity contribution >= 4 is 8.60 Å². The molecule has 3 nitrogen and oxygen atoms in total. The first-order valence-corrected chi connectivity index (χ1v) is 16.1. The molecule has 0 aliphatic rings. The highest BCUT2D eigenvalue weighted by Crippen LogP contribution is 2.32. The third-order valence-electron chi connectivity index (χ3n) is 7.36. The third kappa shape index (κ3) is 15.7. The summed E-state index contributed by atoms with van der Waals surface area (Å²) in [4.78, 5) is 17.7. The van der Waals surface area contributed by atoms with Crippen molar-refractivity contribution < 1.29 is 14.3 Å². The first-order chi connectivity index (χ1) is 16.9. The number of aryl methyl sites for hydroxylation is 1. The van der Waals surface area contributed by atoms with Crippen molar-refractivity contribution in [2.45, 2.75) is 168 Å². The van der Waals surface area contributed by atoms with Gasteiger partial charge in [-0.1, -0.05) is 143 Å². The molecule has 0 radical (unpaired) electrons. The summed E-state index contributed by atoms with van der Waals surface area (Å²) in [5, 5.41) is 0. The predicted molar refractivity (Wildman–Crippen MR) is 159 cm³/mol. The summed E-state index contributed by atoms with van der Waals surface area (Å²) in [6, 6.07) is 7.23. The second-order valence-corrected chi connectivity index (χ2v) is 13.7. The Hall–Kier alpha value is -0.470. The Kier molecular flexibility index (Phi) is 16.7. The van der Waals surface area contributed by atoms with Crippen LogP contribution in [0, 0.1) is 0 Å². The van der Waals surface area contributed by atoms with Crippen LogP contribution in [-0.2, 0) is 21.8 Å². The molecule has 0 aromatic heterocycles. The Morgan fingerprint density at radius 2 is 1.11 bits per heavy atom. The average molecular weight is 523 g/mol. The van der Waals surface area contributed by atoms with E-state index in [1.54, 1.807) is 11.1 Å². The summed E-state index contributed by atoms with van der Waals surface area (Å²) >= 11 is 0. The van der Waals surface area contributed by atoms with Crippen LogP contribution >= 0.6 is 8.60 Å². The maximum Gasteiger partial charge on any atom is 0.327 e.